The Hall–Kier alpha value is -4.39. The van der Waals surface area contributed by atoms with E-state index in [4.69, 9.17) is 14.6 Å². The van der Waals surface area contributed by atoms with Crippen LogP contribution in [0.5, 0.6) is 0 Å². The second kappa shape index (κ2) is 10.7. The minimum atomic E-state index is -1.05. The van der Waals surface area contributed by atoms with E-state index in [1.165, 1.54) is 18.2 Å². The average Bonchev–Trinajstić information content (AvgIpc) is 3.19. The lowest BCUT2D eigenvalue weighted by atomic mass is 9.98. The molecule has 0 aromatic heterocycles. The van der Waals surface area contributed by atoms with E-state index in [1.54, 1.807) is 12.1 Å². The molecule has 0 unspecified atom stereocenters. The highest BCUT2D eigenvalue weighted by Gasteiger charge is 2.30. The Morgan fingerprint density at radius 2 is 1.51 bits per heavy atom. The van der Waals surface area contributed by atoms with Crippen LogP contribution < -0.4 is 5.32 Å². The number of benzene rings is 3. The normalized spacial score (nSPS) is 12.7. The standard InChI is InChI=1S/C28H25NO6/c1-2-15-34-27(32)25(16-18-11-13-19(14-12-18)26(30)31)29-28(33)35-17-24-22-9-5-3-7-20(22)21-8-4-6-10-23(21)24/h2-14,24-25H,1,15-17H2,(H,29,33)(H,30,31)/t25-/m0/s1. The summed E-state index contributed by atoms with van der Waals surface area (Å²) in [6.45, 7) is 3.64. The van der Waals surface area contributed by atoms with Gasteiger partial charge in [0, 0.05) is 12.3 Å². The summed E-state index contributed by atoms with van der Waals surface area (Å²) in [4.78, 5) is 36.4. The highest BCUT2D eigenvalue weighted by Crippen LogP contribution is 2.44. The number of amides is 1. The predicted molar refractivity (Wildman–Crippen MR) is 130 cm³/mol. The van der Waals surface area contributed by atoms with Gasteiger partial charge in [-0.05, 0) is 39.9 Å². The van der Waals surface area contributed by atoms with Gasteiger partial charge in [0.25, 0.3) is 0 Å². The quantitative estimate of drug-likeness (QED) is 0.350. The molecule has 1 aliphatic rings. The van der Waals surface area contributed by atoms with Gasteiger partial charge in [-0.3, -0.25) is 0 Å². The Morgan fingerprint density at radius 1 is 0.914 bits per heavy atom. The van der Waals surface area contributed by atoms with E-state index in [0.717, 1.165) is 22.3 Å². The van der Waals surface area contributed by atoms with Crippen molar-refractivity contribution in [3.8, 4) is 11.1 Å². The van der Waals surface area contributed by atoms with Crippen LogP contribution in [0.3, 0.4) is 0 Å². The first-order valence-electron chi connectivity index (χ1n) is 11.2. The second-order valence-electron chi connectivity index (χ2n) is 8.15. The van der Waals surface area contributed by atoms with Crippen LogP contribution in [0.4, 0.5) is 4.79 Å². The number of carbonyl (C=O) groups is 3. The third-order valence-electron chi connectivity index (χ3n) is 5.90. The van der Waals surface area contributed by atoms with Crippen LogP contribution in [0.1, 0.15) is 33.0 Å². The zero-order chi connectivity index (χ0) is 24.8. The molecule has 7 heteroatoms. The predicted octanol–water partition coefficient (Wildman–Crippen LogP) is 4.56. The van der Waals surface area contributed by atoms with Crippen molar-refractivity contribution in [1.29, 1.82) is 0 Å². The van der Waals surface area contributed by atoms with Crippen LogP contribution in [0.25, 0.3) is 11.1 Å². The summed E-state index contributed by atoms with van der Waals surface area (Å²) in [6, 6.07) is 21.1. The molecule has 0 heterocycles. The monoisotopic (exact) mass is 471 g/mol. The molecule has 0 radical (unpaired) electrons. The van der Waals surface area contributed by atoms with Gasteiger partial charge in [0.2, 0.25) is 0 Å². The van der Waals surface area contributed by atoms with Crippen molar-refractivity contribution in [1.82, 2.24) is 5.32 Å². The lowest BCUT2D eigenvalue weighted by molar-refractivity contribution is -0.144. The number of carboxylic acids is 1. The number of nitrogens with one attached hydrogen (secondary N) is 1. The van der Waals surface area contributed by atoms with Crippen LogP contribution in [0.2, 0.25) is 0 Å². The number of rotatable bonds is 9. The molecular formula is C28H25NO6. The fraction of sp³-hybridized carbons (Fsp3) is 0.179. The summed E-state index contributed by atoms with van der Waals surface area (Å²) in [7, 11) is 0. The third kappa shape index (κ3) is 5.41. The van der Waals surface area contributed by atoms with Crippen molar-refractivity contribution >= 4 is 18.0 Å². The fourth-order valence-electron chi connectivity index (χ4n) is 4.24. The van der Waals surface area contributed by atoms with Crippen molar-refractivity contribution in [2.45, 2.75) is 18.4 Å². The summed E-state index contributed by atoms with van der Waals surface area (Å²) in [6.07, 6.45) is 0.804. The first kappa shape index (κ1) is 23.8. The maximum Gasteiger partial charge on any atom is 0.407 e. The number of ether oxygens (including phenoxy) is 2. The van der Waals surface area contributed by atoms with Gasteiger partial charge in [-0.15, -0.1) is 0 Å². The number of carboxylic acid groups (broad SMARTS) is 1. The summed E-state index contributed by atoms with van der Waals surface area (Å²) in [5.74, 6) is -1.79. The van der Waals surface area contributed by atoms with Crippen LogP contribution >= 0.6 is 0 Å². The maximum absolute atomic E-state index is 12.7. The van der Waals surface area contributed by atoms with E-state index in [9.17, 15) is 14.4 Å². The maximum atomic E-state index is 12.7. The van der Waals surface area contributed by atoms with Gasteiger partial charge in [-0.2, -0.15) is 0 Å². The molecule has 1 amide bonds. The van der Waals surface area contributed by atoms with Crippen LogP contribution in [-0.4, -0.2) is 42.4 Å². The van der Waals surface area contributed by atoms with Gasteiger partial charge in [0.1, 0.15) is 19.3 Å². The van der Waals surface area contributed by atoms with E-state index < -0.39 is 24.1 Å². The Labute approximate surface area is 203 Å². The van der Waals surface area contributed by atoms with E-state index in [2.05, 4.69) is 24.0 Å². The zero-order valence-corrected chi connectivity index (χ0v) is 19.0. The second-order valence-corrected chi connectivity index (χ2v) is 8.15. The third-order valence-corrected chi connectivity index (χ3v) is 5.90. The topological polar surface area (TPSA) is 102 Å². The van der Waals surface area contributed by atoms with Gasteiger partial charge < -0.3 is 19.9 Å². The summed E-state index contributed by atoms with van der Waals surface area (Å²) in [5, 5.41) is 11.7. The Morgan fingerprint density at radius 3 is 2.09 bits per heavy atom. The number of alkyl carbamates (subject to hydrolysis) is 1. The lowest BCUT2D eigenvalue weighted by Gasteiger charge is -2.19. The molecule has 3 aromatic carbocycles. The summed E-state index contributed by atoms with van der Waals surface area (Å²) in [5.41, 5.74) is 5.20. The molecule has 1 atom stereocenters. The highest BCUT2D eigenvalue weighted by atomic mass is 16.6. The molecule has 0 saturated heterocycles. The molecule has 0 aliphatic heterocycles. The minimum absolute atomic E-state index is 0.000342. The molecule has 35 heavy (non-hydrogen) atoms. The number of esters is 1. The smallest absolute Gasteiger partial charge is 0.407 e. The van der Waals surface area contributed by atoms with Crippen molar-refractivity contribution < 1.29 is 29.0 Å². The Kier molecular flexibility index (Phi) is 7.26. The SMILES string of the molecule is C=CCOC(=O)[C@H](Cc1ccc(C(=O)O)cc1)NC(=O)OCC1c2ccccc2-c2ccccc21. The molecule has 0 spiro atoms. The molecule has 2 N–H and O–H groups in total. The first-order chi connectivity index (χ1) is 17.0. The number of hydrogen-bond acceptors (Lipinski definition) is 5. The molecule has 0 bridgehead atoms. The van der Waals surface area contributed by atoms with Crippen molar-refractivity contribution in [3.05, 3.63) is 108 Å². The van der Waals surface area contributed by atoms with E-state index >= 15 is 0 Å². The molecule has 3 aromatic rings. The van der Waals surface area contributed by atoms with Crippen LogP contribution in [0.15, 0.2) is 85.5 Å². The van der Waals surface area contributed by atoms with E-state index in [-0.39, 0.29) is 31.1 Å². The van der Waals surface area contributed by atoms with Gasteiger partial charge in [-0.1, -0.05) is 73.3 Å². The van der Waals surface area contributed by atoms with Crippen molar-refractivity contribution in [2.75, 3.05) is 13.2 Å². The molecule has 0 saturated carbocycles. The number of carbonyl (C=O) groups excluding carboxylic acids is 2. The number of fused-ring (bicyclic) bond motifs is 3. The molecule has 1 aliphatic carbocycles. The van der Waals surface area contributed by atoms with Gasteiger partial charge in [0.05, 0.1) is 5.56 Å². The molecule has 4 rings (SSSR count). The van der Waals surface area contributed by atoms with Crippen molar-refractivity contribution in [2.24, 2.45) is 0 Å². The van der Waals surface area contributed by atoms with Gasteiger partial charge in [-0.25, -0.2) is 14.4 Å². The highest BCUT2D eigenvalue weighted by molar-refractivity contribution is 5.87. The zero-order valence-electron chi connectivity index (χ0n) is 19.0. The number of hydrogen-bond donors (Lipinski definition) is 2. The first-order valence-corrected chi connectivity index (χ1v) is 11.2. The molecular weight excluding hydrogens is 446 g/mol. The van der Waals surface area contributed by atoms with Gasteiger partial charge >= 0.3 is 18.0 Å². The Balaban J connectivity index is 1.44. The summed E-state index contributed by atoms with van der Waals surface area (Å²) >= 11 is 0. The molecule has 7 nitrogen and oxygen atoms in total. The molecule has 178 valence electrons. The lowest BCUT2D eigenvalue weighted by Crippen LogP contribution is -2.44. The number of aromatic carboxylic acids is 1. The van der Waals surface area contributed by atoms with Crippen LogP contribution in [-0.2, 0) is 20.7 Å². The van der Waals surface area contributed by atoms with Crippen LogP contribution in [0, 0.1) is 0 Å². The fourth-order valence-corrected chi connectivity index (χ4v) is 4.24. The minimum Gasteiger partial charge on any atom is -0.478 e. The van der Waals surface area contributed by atoms with E-state index in [1.807, 2.05) is 36.4 Å². The largest absolute Gasteiger partial charge is 0.478 e. The van der Waals surface area contributed by atoms with Crippen molar-refractivity contribution in [3.63, 3.8) is 0 Å². The Bertz CT molecular complexity index is 1200. The molecule has 0 fully saturated rings. The average molecular weight is 472 g/mol. The summed E-state index contributed by atoms with van der Waals surface area (Å²) < 4.78 is 10.7. The van der Waals surface area contributed by atoms with E-state index in [0.29, 0.717) is 5.56 Å². The van der Waals surface area contributed by atoms with Gasteiger partial charge in [0.15, 0.2) is 0 Å².